The van der Waals surface area contributed by atoms with Crippen molar-refractivity contribution in [3.8, 4) is 0 Å². The van der Waals surface area contributed by atoms with Crippen molar-refractivity contribution in [3.05, 3.63) is 30.1 Å². The van der Waals surface area contributed by atoms with E-state index in [1.54, 1.807) is 0 Å². The predicted molar refractivity (Wildman–Crippen MR) is 64.7 cm³/mol. The zero-order valence-corrected chi connectivity index (χ0v) is 9.82. The molecule has 2 nitrogen and oxygen atoms in total. The summed E-state index contributed by atoms with van der Waals surface area (Å²) in [7, 11) is 0. The van der Waals surface area contributed by atoms with E-state index >= 15 is 0 Å². The Hall–Kier alpha value is -0.890. The number of aromatic nitrogens is 1. The molecule has 0 aliphatic heterocycles. The highest BCUT2D eigenvalue weighted by atomic mass is 14.7. The van der Waals surface area contributed by atoms with E-state index in [4.69, 9.17) is 5.73 Å². The van der Waals surface area contributed by atoms with E-state index in [-0.39, 0.29) is 0 Å². The van der Waals surface area contributed by atoms with Gasteiger partial charge < -0.3 is 5.73 Å². The molecule has 0 aromatic carbocycles. The highest BCUT2D eigenvalue weighted by Gasteiger charge is 2.14. The number of nitrogens with zero attached hydrogens (tertiary/aromatic N) is 1. The molecule has 2 heteroatoms. The first-order valence-electron chi connectivity index (χ1n) is 5.88. The molecule has 84 valence electrons. The molecule has 0 unspecified atom stereocenters. The molecule has 1 rings (SSSR count). The first-order valence-corrected chi connectivity index (χ1v) is 5.88. The second-order valence-electron chi connectivity index (χ2n) is 4.32. The Kier molecular flexibility index (Phi) is 5.33. The van der Waals surface area contributed by atoms with Crippen molar-refractivity contribution in [2.45, 2.75) is 39.0 Å². The summed E-state index contributed by atoms with van der Waals surface area (Å²) >= 11 is 0. The molecule has 0 spiro atoms. The van der Waals surface area contributed by atoms with Crippen LogP contribution < -0.4 is 5.73 Å². The van der Waals surface area contributed by atoms with E-state index < -0.39 is 0 Å². The molecule has 1 aromatic rings. The maximum atomic E-state index is 5.81. The number of rotatable bonds is 6. The lowest BCUT2D eigenvalue weighted by atomic mass is 9.90. The van der Waals surface area contributed by atoms with Gasteiger partial charge in [-0.05, 0) is 24.5 Å². The van der Waals surface area contributed by atoms with Crippen LogP contribution in [-0.4, -0.2) is 11.5 Å². The summed E-state index contributed by atoms with van der Waals surface area (Å²) in [5, 5.41) is 0. The molecule has 0 bridgehead atoms. The minimum atomic E-state index is 0.424. The molecule has 0 fully saturated rings. The van der Waals surface area contributed by atoms with E-state index in [1.807, 2.05) is 18.3 Å². The molecule has 0 saturated heterocycles. The topological polar surface area (TPSA) is 38.9 Å². The number of hydrogen-bond acceptors (Lipinski definition) is 2. The van der Waals surface area contributed by atoms with Crippen molar-refractivity contribution in [2.24, 2.45) is 11.7 Å². The average Bonchev–Trinajstić information content (AvgIpc) is 2.27. The van der Waals surface area contributed by atoms with Crippen molar-refractivity contribution in [1.82, 2.24) is 4.98 Å². The maximum Gasteiger partial charge on any atom is 0.0447 e. The van der Waals surface area contributed by atoms with Crippen LogP contribution in [0.25, 0.3) is 0 Å². The van der Waals surface area contributed by atoms with Crippen LogP contribution in [0.15, 0.2) is 24.4 Å². The lowest BCUT2D eigenvalue weighted by Crippen LogP contribution is -2.16. The van der Waals surface area contributed by atoms with Crippen molar-refractivity contribution < 1.29 is 0 Å². The van der Waals surface area contributed by atoms with Gasteiger partial charge in [-0.3, -0.25) is 4.98 Å². The third kappa shape index (κ3) is 4.00. The Morgan fingerprint density at radius 1 is 1.40 bits per heavy atom. The van der Waals surface area contributed by atoms with Crippen LogP contribution in [-0.2, 0) is 0 Å². The lowest BCUT2D eigenvalue weighted by Gasteiger charge is -2.18. The van der Waals surface area contributed by atoms with Crippen LogP contribution in [0.3, 0.4) is 0 Å². The van der Waals surface area contributed by atoms with Gasteiger partial charge in [-0.2, -0.15) is 0 Å². The van der Waals surface area contributed by atoms with Gasteiger partial charge in [0, 0.05) is 24.4 Å². The highest BCUT2D eigenvalue weighted by molar-refractivity contribution is 5.09. The Morgan fingerprint density at radius 2 is 2.20 bits per heavy atom. The standard InChI is InChI=1S/C13H22N2/c1-3-6-11(2)9-12(10-14)13-7-4-5-8-15-13/h4-5,7-8,11-12H,3,6,9-10,14H2,1-2H3/t11-,12+/m0/s1. The second kappa shape index (κ2) is 6.57. The lowest BCUT2D eigenvalue weighted by molar-refractivity contribution is 0.433. The first kappa shape index (κ1) is 12.2. The summed E-state index contributed by atoms with van der Waals surface area (Å²) in [6, 6.07) is 6.07. The third-order valence-electron chi connectivity index (χ3n) is 2.86. The van der Waals surface area contributed by atoms with E-state index in [0.29, 0.717) is 12.5 Å². The Bertz CT molecular complexity index is 258. The fraction of sp³-hybridized carbons (Fsp3) is 0.615. The zero-order chi connectivity index (χ0) is 11.1. The van der Waals surface area contributed by atoms with Gasteiger partial charge in [0.2, 0.25) is 0 Å². The van der Waals surface area contributed by atoms with Crippen molar-refractivity contribution in [2.75, 3.05) is 6.54 Å². The molecule has 1 aromatic heterocycles. The number of pyridine rings is 1. The molecule has 0 aliphatic carbocycles. The largest absolute Gasteiger partial charge is 0.330 e. The first-order chi connectivity index (χ1) is 7.27. The minimum absolute atomic E-state index is 0.424. The minimum Gasteiger partial charge on any atom is -0.330 e. The molecule has 15 heavy (non-hydrogen) atoms. The number of nitrogens with two attached hydrogens (primary N) is 1. The summed E-state index contributed by atoms with van der Waals surface area (Å²) in [5.41, 5.74) is 6.95. The Labute approximate surface area is 92.9 Å². The molecule has 0 aliphatic rings. The fourth-order valence-corrected chi connectivity index (χ4v) is 2.05. The number of hydrogen-bond donors (Lipinski definition) is 1. The van der Waals surface area contributed by atoms with Crippen LogP contribution in [0.2, 0.25) is 0 Å². The SMILES string of the molecule is CCC[C@H](C)C[C@H](CN)c1ccccn1. The molecule has 0 amide bonds. The fourth-order valence-electron chi connectivity index (χ4n) is 2.05. The summed E-state index contributed by atoms with van der Waals surface area (Å²) in [6.07, 6.45) is 5.54. The summed E-state index contributed by atoms with van der Waals surface area (Å²) < 4.78 is 0. The van der Waals surface area contributed by atoms with Gasteiger partial charge in [0.25, 0.3) is 0 Å². The van der Waals surface area contributed by atoms with Gasteiger partial charge >= 0.3 is 0 Å². The van der Waals surface area contributed by atoms with Crippen LogP contribution in [0.1, 0.15) is 44.7 Å². The molecule has 0 radical (unpaired) electrons. The van der Waals surface area contributed by atoms with Crippen LogP contribution in [0, 0.1) is 5.92 Å². The summed E-state index contributed by atoms with van der Waals surface area (Å²) in [6.45, 7) is 5.23. The predicted octanol–water partition coefficient (Wildman–Crippen LogP) is 2.95. The molecular weight excluding hydrogens is 184 g/mol. The molecule has 2 N–H and O–H groups in total. The van der Waals surface area contributed by atoms with E-state index in [0.717, 1.165) is 18.0 Å². The summed E-state index contributed by atoms with van der Waals surface area (Å²) in [4.78, 5) is 4.38. The molecule has 0 saturated carbocycles. The van der Waals surface area contributed by atoms with Crippen molar-refractivity contribution >= 4 is 0 Å². The van der Waals surface area contributed by atoms with Gasteiger partial charge in [-0.15, -0.1) is 0 Å². The second-order valence-corrected chi connectivity index (χ2v) is 4.32. The quantitative estimate of drug-likeness (QED) is 0.777. The van der Waals surface area contributed by atoms with Crippen LogP contribution in [0.5, 0.6) is 0 Å². The monoisotopic (exact) mass is 206 g/mol. The molecular formula is C13H22N2. The van der Waals surface area contributed by atoms with Gasteiger partial charge in [0.15, 0.2) is 0 Å². The van der Waals surface area contributed by atoms with Gasteiger partial charge in [-0.25, -0.2) is 0 Å². The van der Waals surface area contributed by atoms with E-state index in [2.05, 4.69) is 24.9 Å². The molecule has 1 heterocycles. The van der Waals surface area contributed by atoms with Gasteiger partial charge in [0.1, 0.15) is 0 Å². The summed E-state index contributed by atoms with van der Waals surface area (Å²) in [5.74, 6) is 1.17. The maximum absolute atomic E-state index is 5.81. The van der Waals surface area contributed by atoms with Crippen molar-refractivity contribution in [3.63, 3.8) is 0 Å². The van der Waals surface area contributed by atoms with Crippen LogP contribution >= 0.6 is 0 Å². The van der Waals surface area contributed by atoms with E-state index in [9.17, 15) is 0 Å². The third-order valence-corrected chi connectivity index (χ3v) is 2.86. The Balaban J connectivity index is 2.56. The van der Waals surface area contributed by atoms with Crippen molar-refractivity contribution in [1.29, 1.82) is 0 Å². The van der Waals surface area contributed by atoms with Crippen LogP contribution in [0.4, 0.5) is 0 Å². The normalized spacial score (nSPS) is 14.9. The molecule has 2 atom stereocenters. The smallest absolute Gasteiger partial charge is 0.0447 e. The average molecular weight is 206 g/mol. The zero-order valence-electron chi connectivity index (χ0n) is 9.82. The van der Waals surface area contributed by atoms with E-state index in [1.165, 1.54) is 12.8 Å². The highest BCUT2D eigenvalue weighted by Crippen LogP contribution is 2.23. The van der Waals surface area contributed by atoms with Gasteiger partial charge in [-0.1, -0.05) is 32.8 Å². The Morgan fingerprint density at radius 3 is 2.73 bits per heavy atom. The van der Waals surface area contributed by atoms with Gasteiger partial charge in [0.05, 0.1) is 0 Å².